The van der Waals surface area contributed by atoms with E-state index in [1.807, 2.05) is 11.8 Å². The van der Waals surface area contributed by atoms with Crippen LogP contribution >= 0.6 is 27.5 Å². The van der Waals surface area contributed by atoms with Crippen LogP contribution in [0.1, 0.15) is 39.4 Å². The zero-order chi connectivity index (χ0) is 19.6. The smallest absolute Gasteiger partial charge is 0.274 e. The zero-order valence-electron chi connectivity index (χ0n) is 14.6. The Bertz CT molecular complexity index is 845. The van der Waals surface area contributed by atoms with Crippen molar-refractivity contribution in [3.05, 3.63) is 44.8 Å². The highest BCUT2D eigenvalue weighted by Crippen LogP contribution is 2.23. The van der Waals surface area contributed by atoms with Gasteiger partial charge >= 0.3 is 0 Å². The molecule has 1 aliphatic rings. The molecular formula is C17H19BrClN5O3. The fourth-order valence-electron chi connectivity index (χ4n) is 3.01. The van der Waals surface area contributed by atoms with Crippen molar-refractivity contribution in [3.8, 4) is 0 Å². The van der Waals surface area contributed by atoms with Crippen molar-refractivity contribution in [3.63, 3.8) is 0 Å². The second kappa shape index (κ2) is 8.28. The Kier molecular flexibility index (Phi) is 6.03. The molecule has 0 unspecified atom stereocenters. The number of anilines is 1. The van der Waals surface area contributed by atoms with E-state index >= 15 is 0 Å². The Morgan fingerprint density at radius 2 is 2.00 bits per heavy atom. The maximum absolute atomic E-state index is 12.4. The van der Waals surface area contributed by atoms with E-state index in [-0.39, 0.29) is 22.7 Å². The van der Waals surface area contributed by atoms with Gasteiger partial charge in [0.05, 0.1) is 0 Å². The van der Waals surface area contributed by atoms with Crippen molar-refractivity contribution in [1.82, 2.24) is 20.8 Å². The molecular weight excluding hydrogens is 438 g/mol. The Morgan fingerprint density at radius 3 is 2.59 bits per heavy atom. The van der Waals surface area contributed by atoms with Gasteiger partial charge in [-0.15, -0.1) is 0 Å². The summed E-state index contributed by atoms with van der Waals surface area (Å²) in [4.78, 5) is 33.3. The fraction of sp³-hybridized carbons (Fsp3) is 0.353. The number of pyridine rings is 1. The number of piperidine rings is 1. The number of carbonyl (C=O) groups is 2. The molecule has 1 aliphatic heterocycles. The number of amides is 2. The average Bonchev–Trinajstić information content (AvgIpc) is 3.00. The van der Waals surface area contributed by atoms with E-state index in [1.165, 1.54) is 6.07 Å². The maximum atomic E-state index is 12.4. The van der Waals surface area contributed by atoms with Gasteiger partial charge in [-0.05, 0) is 53.9 Å². The van der Waals surface area contributed by atoms with Gasteiger partial charge < -0.3 is 15.2 Å². The van der Waals surface area contributed by atoms with Crippen molar-refractivity contribution in [2.75, 3.05) is 18.0 Å². The average molecular weight is 457 g/mol. The van der Waals surface area contributed by atoms with Crippen LogP contribution in [0.4, 0.5) is 5.82 Å². The summed E-state index contributed by atoms with van der Waals surface area (Å²) in [6.07, 6.45) is 1.48. The molecule has 0 spiro atoms. The first-order chi connectivity index (χ1) is 12.9. The van der Waals surface area contributed by atoms with E-state index in [4.69, 9.17) is 16.8 Å². The number of nitrogens with one attached hydrogen (secondary N) is 3. The molecule has 3 heterocycles. The van der Waals surface area contributed by atoms with Crippen molar-refractivity contribution < 1.29 is 14.8 Å². The SMILES string of the molecule is Cc1[nH]c(C(=O)NC2CCN(c3cc(C(=O)NO)cc(Cl)n3)CC2)cc1Br. The highest BCUT2D eigenvalue weighted by molar-refractivity contribution is 9.10. The number of nitrogens with zero attached hydrogens (tertiary/aromatic N) is 2. The first-order valence-electron chi connectivity index (χ1n) is 8.40. The number of hydrogen-bond acceptors (Lipinski definition) is 5. The molecule has 2 aromatic rings. The van der Waals surface area contributed by atoms with E-state index in [0.29, 0.717) is 24.6 Å². The minimum Gasteiger partial charge on any atom is -0.356 e. The first-order valence-corrected chi connectivity index (χ1v) is 9.57. The number of H-pyrrole nitrogens is 1. The molecule has 10 heteroatoms. The molecule has 0 radical (unpaired) electrons. The van der Waals surface area contributed by atoms with Crippen LogP contribution in [0.5, 0.6) is 0 Å². The lowest BCUT2D eigenvalue weighted by molar-refractivity contribution is 0.0706. The van der Waals surface area contributed by atoms with Crippen molar-refractivity contribution >= 4 is 45.2 Å². The van der Waals surface area contributed by atoms with Gasteiger partial charge in [-0.2, -0.15) is 0 Å². The van der Waals surface area contributed by atoms with Crippen molar-refractivity contribution in [2.24, 2.45) is 0 Å². The predicted octanol–water partition coefficient (Wildman–Crippen LogP) is 2.65. The Hall–Kier alpha value is -2.10. The van der Waals surface area contributed by atoms with E-state index < -0.39 is 5.91 Å². The summed E-state index contributed by atoms with van der Waals surface area (Å²) in [6.45, 7) is 3.21. The number of halogens is 2. The van der Waals surface area contributed by atoms with Gasteiger partial charge in [0.15, 0.2) is 0 Å². The molecule has 0 saturated carbocycles. The van der Waals surface area contributed by atoms with Crippen LogP contribution in [-0.2, 0) is 0 Å². The van der Waals surface area contributed by atoms with Crippen LogP contribution in [-0.4, -0.2) is 46.1 Å². The molecule has 2 aromatic heterocycles. The monoisotopic (exact) mass is 455 g/mol. The van der Waals surface area contributed by atoms with Gasteiger partial charge in [0.25, 0.3) is 11.8 Å². The highest BCUT2D eigenvalue weighted by Gasteiger charge is 2.23. The largest absolute Gasteiger partial charge is 0.356 e. The third-order valence-electron chi connectivity index (χ3n) is 4.49. The number of aromatic amines is 1. The minimum atomic E-state index is -0.643. The van der Waals surface area contributed by atoms with Crippen LogP contribution in [0.25, 0.3) is 0 Å². The second-order valence-corrected chi connectivity index (χ2v) is 7.61. The fourth-order valence-corrected chi connectivity index (χ4v) is 3.54. The molecule has 4 N–H and O–H groups in total. The standard InChI is InChI=1S/C17H19BrClN5O3/c1-9-12(18)8-13(20-9)17(26)21-11-2-4-24(5-3-11)15-7-10(16(25)23-27)6-14(19)22-15/h6-8,11,20,27H,2-5H2,1H3,(H,21,26)(H,23,25). The van der Waals surface area contributed by atoms with E-state index in [1.54, 1.807) is 17.6 Å². The summed E-state index contributed by atoms with van der Waals surface area (Å²) in [7, 11) is 0. The quantitative estimate of drug-likeness (QED) is 0.321. The first kappa shape index (κ1) is 19.7. The normalized spacial score (nSPS) is 14.9. The van der Waals surface area contributed by atoms with Crippen LogP contribution in [0, 0.1) is 6.92 Å². The highest BCUT2D eigenvalue weighted by atomic mass is 79.9. The summed E-state index contributed by atoms with van der Waals surface area (Å²) in [5.74, 6) is -0.213. The van der Waals surface area contributed by atoms with Gasteiger partial charge in [-0.25, -0.2) is 10.5 Å². The van der Waals surface area contributed by atoms with Crippen LogP contribution in [0.3, 0.4) is 0 Å². The molecule has 0 bridgehead atoms. The van der Waals surface area contributed by atoms with Crippen LogP contribution < -0.4 is 15.7 Å². The van der Waals surface area contributed by atoms with E-state index in [2.05, 4.69) is 31.2 Å². The van der Waals surface area contributed by atoms with Crippen LogP contribution in [0.15, 0.2) is 22.7 Å². The summed E-state index contributed by atoms with van der Waals surface area (Å²) in [5, 5.41) is 12.0. The molecule has 144 valence electrons. The predicted molar refractivity (Wildman–Crippen MR) is 104 cm³/mol. The Balaban J connectivity index is 1.61. The summed E-state index contributed by atoms with van der Waals surface area (Å²) in [5.41, 5.74) is 3.26. The molecule has 8 nitrogen and oxygen atoms in total. The molecule has 27 heavy (non-hydrogen) atoms. The summed E-state index contributed by atoms with van der Waals surface area (Å²) in [6, 6.07) is 4.79. The number of carbonyl (C=O) groups excluding carboxylic acids is 2. The number of hydrogen-bond donors (Lipinski definition) is 4. The maximum Gasteiger partial charge on any atom is 0.274 e. The van der Waals surface area contributed by atoms with E-state index in [9.17, 15) is 9.59 Å². The number of aryl methyl sites for hydroxylation is 1. The molecule has 0 aliphatic carbocycles. The molecule has 3 rings (SSSR count). The molecule has 1 fully saturated rings. The topological polar surface area (TPSA) is 110 Å². The number of aromatic nitrogens is 2. The van der Waals surface area contributed by atoms with Crippen LogP contribution in [0.2, 0.25) is 5.15 Å². The summed E-state index contributed by atoms with van der Waals surface area (Å²) >= 11 is 9.38. The van der Waals surface area contributed by atoms with E-state index in [0.717, 1.165) is 23.0 Å². The molecule has 0 aromatic carbocycles. The molecule has 0 atom stereocenters. The molecule has 2 amide bonds. The third-order valence-corrected chi connectivity index (χ3v) is 5.51. The summed E-state index contributed by atoms with van der Waals surface area (Å²) < 4.78 is 0.872. The third kappa shape index (κ3) is 4.60. The lowest BCUT2D eigenvalue weighted by Gasteiger charge is -2.33. The minimum absolute atomic E-state index is 0.0514. The Labute approximate surface area is 169 Å². The van der Waals surface area contributed by atoms with Crippen molar-refractivity contribution in [2.45, 2.75) is 25.8 Å². The van der Waals surface area contributed by atoms with Gasteiger partial charge in [-0.3, -0.25) is 14.8 Å². The zero-order valence-corrected chi connectivity index (χ0v) is 16.9. The second-order valence-electron chi connectivity index (χ2n) is 6.37. The number of hydroxylamine groups is 1. The number of rotatable bonds is 4. The van der Waals surface area contributed by atoms with Gasteiger partial charge in [0, 0.05) is 34.9 Å². The van der Waals surface area contributed by atoms with Crippen molar-refractivity contribution in [1.29, 1.82) is 0 Å². The van der Waals surface area contributed by atoms with Gasteiger partial charge in [0.1, 0.15) is 16.7 Å². The van der Waals surface area contributed by atoms with Gasteiger partial charge in [0.2, 0.25) is 0 Å². The Morgan fingerprint density at radius 1 is 1.30 bits per heavy atom. The lowest BCUT2D eigenvalue weighted by atomic mass is 10.0. The van der Waals surface area contributed by atoms with Gasteiger partial charge in [-0.1, -0.05) is 11.6 Å². The molecule has 1 saturated heterocycles. The lowest BCUT2D eigenvalue weighted by Crippen LogP contribution is -2.45.